The zero-order chi connectivity index (χ0) is 16.9. The van der Waals surface area contributed by atoms with E-state index in [1.165, 1.54) is 16.4 Å². The molecule has 2 rings (SSSR count). The normalized spacial score (nSPS) is 15.9. The van der Waals surface area contributed by atoms with Gasteiger partial charge in [-0.25, -0.2) is 8.42 Å². The number of nitrogens with zero attached hydrogens (tertiary/aromatic N) is 1. The Bertz CT molecular complexity index is 679. The SMILES string of the molecule is C=CC(=O)Nc1cc(S(=O)(=O)N2CCCCC2)ccc1OCC. The van der Waals surface area contributed by atoms with Crippen molar-refractivity contribution in [1.82, 2.24) is 4.31 Å². The van der Waals surface area contributed by atoms with Gasteiger partial charge in [-0.3, -0.25) is 4.79 Å². The predicted octanol–water partition coefficient (Wildman–Crippen LogP) is 2.38. The third-order valence-corrected chi connectivity index (χ3v) is 5.54. The molecule has 0 radical (unpaired) electrons. The summed E-state index contributed by atoms with van der Waals surface area (Å²) in [6.45, 7) is 6.69. The van der Waals surface area contributed by atoms with Crippen LogP contribution in [0, 0.1) is 0 Å². The highest BCUT2D eigenvalue weighted by molar-refractivity contribution is 7.89. The lowest BCUT2D eigenvalue weighted by atomic mass is 10.2. The Morgan fingerprint density at radius 1 is 1.35 bits per heavy atom. The Labute approximate surface area is 137 Å². The number of sulfonamides is 1. The second-order valence-electron chi connectivity index (χ2n) is 5.25. The largest absolute Gasteiger partial charge is 0.492 e. The molecular formula is C16H22N2O4S. The van der Waals surface area contributed by atoms with E-state index in [4.69, 9.17) is 4.74 Å². The minimum absolute atomic E-state index is 0.155. The van der Waals surface area contributed by atoms with Crippen molar-refractivity contribution < 1.29 is 17.9 Å². The van der Waals surface area contributed by atoms with Crippen molar-refractivity contribution >= 4 is 21.6 Å². The number of carbonyl (C=O) groups excluding carboxylic acids is 1. The van der Waals surface area contributed by atoms with Gasteiger partial charge in [0.05, 0.1) is 17.2 Å². The van der Waals surface area contributed by atoms with Crippen LogP contribution in [0.4, 0.5) is 5.69 Å². The summed E-state index contributed by atoms with van der Waals surface area (Å²) in [5, 5.41) is 2.60. The molecular weight excluding hydrogens is 316 g/mol. The highest BCUT2D eigenvalue weighted by Crippen LogP contribution is 2.30. The van der Waals surface area contributed by atoms with E-state index in [1.54, 1.807) is 6.07 Å². The first-order valence-corrected chi connectivity index (χ1v) is 9.13. The number of amides is 1. The zero-order valence-corrected chi connectivity index (χ0v) is 14.1. The van der Waals surface area contributed by atoms with Crippen LogP contribution in [-0.4, -0.2) is 38.3 Å². The van der Waals surface area contributed by atoms with Gasteiger partial charge >= 0.3 is 0 Å². The molecule has 23 heavy (non-hydrogen) atoms. The minimum atomic E-state index is -3.56. The molecule has 0 aromatic heterocycles. The number of anilines is 1. The van der Waals surface area contributed by atoms with Crippen molar-refractivity contribution in [3.05, 3.63) is 30.9 Å². The van der Waals surface area contributed by atoms with Crippen molar-refractivity contribution in [2.45, 2.75) is 31.1 Å². The van der Waals surface area contributed by atoms with E-state index in [9.17, 15) is 13.2 Å². The number of piperidine rings is 1. The van der Waals surface area contributed by atoms with E-state index >= 15 is 0 Å². The van der Waals surface area contributed by atoms with E-state index in [1.807, 2.05) is 6.92 Å². The van der Waals surface area contributed by atoms with Crippen LogP contribution in [0.25, 0.3) is 0 Å². The van der Waals surface area contributed by atoms with Crippen LogP contribution >= 0.6 is 0 Å². The predicted molar refractivity (Wildman–Crippen MR) is 89.0 cm³/mol. The molecule has 1 aliphatic heterocycles. The summed E-state index contributed by atoms with van der Waals surface area (Å²) >= 11 is 0. The van der Waals surface area contributed by atoms with Crippen molar-refractivity contribution in [2.24, 2.45) is 0 Å². The monoisotopic (exact) mass is 338 g/mol. The first-order chi connectivity index (χ1) is 11.0. The second-order valence-corrected chi connectivity index (χ2v) is 7.19. The maximum atomic E-state index is 12.7. The van der Waals surface area contributed by atoms with Crippen LogP contribution in [0.2, 0.25) is 0 Å². The maximum Gasteiger partial charge on any atom is 0.247 e. The van der Waals surface area contributed by atoms with E-state index in [0.29, 0.717) is 31.1 Å². The summed E-state index contributed by atoms with van der Waals surface area (Å²) in [7, 11) is -3.56. The molecule has 0 spiro atoms. The van der Waals surface area contributed by atoms with Gasteiger partial charge in [-0.1, -0.05) is 13.0 Å². The highest BCUT2D eigenvalue weighted by Gasteiger charge is 2.26. The van der Waals surface area contributed by atoms with Crippen molar-refractivity contribution in [1.29, 1.82) is 0 Å². The molecule has 1 aromatic carbocycles. The molecule has 7 heteroatoms. The first-order valence-electron chi connectivity index (χ1n) is 7.69. The molecule has 126 valence electrons. The molecule has 0 atom stereocenters. The summed E-state index contributed by atoms with van der Waals surface area (Å²) in [5.74, 6) is 0.0127. The van der Waals surface area contributed by atoms with Gasteiger partial charge in [-0.15, -0.1) is 0 Å². The standard InChI is InChI=1S/C16H22N2O4S/c1-3-16(19)17-14-12-13(8-9-15(14)22-4-2)23(20,21)18-10-6-5-7-11-18/h3,8-9,12H,1,4-7,10-11H2,2H3,(H,17,19). The van der Waals surface area contributed by atoms with Gasteiger partial charge in [-0.2, -0.15) is 4.31 Å². The first kappa shape index (κ1) is 17.5. The fraction of sp³-hybridized carbons (Fsp3) is 0.438. The van der Waals surface area contributed by atoms with E-state index in [-0.39, 0.29) is 4.90 Å². The lowest BCUT2D eigenvalue weighted by molar-refractivity contribution is -0.111. The summed E-state index contributed by atoms with van der Waals surface area (Å²) < 4.78 is 32.4. The number of benzene rings is 1. The second kappa shape index (κ2) is 7.61. The van der Waals surface area contributed by atoms with Crippen LogP contribution < -0.4 is 10.1 Å². The van der Waals surface area contributed by atoms with Crippen LogP contribution in [0.3, 0.4) is 0 Å². The van der Waals surface area contributed by atoms with Crippen molar-refractivity contribution in [2.75, 3.05) is 25.0 Å². The van der Waals surface area contributed by atoms with E-state index in [2.05, 4.69) is 11.9 Å². The van der Waals surface area contributed by atoms with Crippen LogP contribution in [0.5, 0.6) is 5.75 Å². The van der Waals surface area contributed by atoms with Gasteiger partial charge < -0.3 is 10.1 Å². The molecule has 0 bridgehead atoms. The van der Waals surface area contributed by atoms with Crippen LogP contribution in [-0.2, 0) is 14.8 Å². The smallest absolute Gasteiger partial charge is 0.247 e. The number of hydrogen-bond acceptors (Lipinski definition) is 4. The van der Waals surface area contributed by atoms with Crippen LogP contribution in [0.1, 0.15) is 26.2 Å². The Morgan fingerprint density at radius 2 is 2.04 bits per heavy atom. The van der Waals surface area contributed by atoms with E-state index < -0.39 is 15.9 Å². The molecule has 1 heterocycles. The average molecular weight is 338 g/mol. The molecule has 1 aliphatic rings. The van der Waals surface area contributed by atoms with Gasteiger partial charge in [-0.05, 0) is 44.0 Å². The molecule has 1 fully saturated rings. The Balaban J connectivity index is 2.36. The Kier molecular flexibility index (Phi) is 5.79. The quantitative estimate of drug-likeness (QED) is 0.808. The van der Waals surface area contributed by atoms with Gasteiger partial charge in [0.2, 0.25) is 15.9 Å². The number of hydrogen-bond donors (Lipinski definition) is 1. The molecule has 1 saturated heterocycles. The fourth-order valence-corrected chi connectivity index (χ4v) is 4.03. The lowest BCUT2D eigenvalue weighted by Gasteiger charge is -2.26. The molecule has 0 saturated carbocycles. The number of ether oxygens (including phenoxy) is 1. The highest BCUT2D eigenvalue weighted by atomic mass is 32.2. The number of rotatable bonds is 6. The summed E-state index contributed by atoms with van der Waals surface area (Å²) in [6.07, 6.45) is 3.92. The third kappa shape index (κ3) is 4.11. The van der Waals surface area contributed by atoms with Gasteiger partial charge in [0.25, 0.3) is 0 Å². The topological polar surface area (TPSA) is 75.7 Å². The zero-order valence-electron chi connectivity index (χ0n) is 13.2. The van der Waals surface area contributed by atoms with Gasteiger partial charge in [0.15, 0.2) is 0 Å². The Morgan fingerprint density at radius 3 is 2.65 bits per heavy atom. The Hall–Kier alpha value is -1.86. The molecule has 0 unspecified atom stereocenters. The lowest BCUT2D eigenvalue weighted by Crippen LogP contribution is -2.35. The molecule has 1 N–H and O–H groups in total. The van der Waals surface area contributed by atoms with Crippen LogP contribution in [0.15, 0.2) is 35.7 Å². The molecule has 1 amide bonds. The van der Waals surface area contributed by atoms with Gasteiger partial charge in [0.1, 0.15) is 5.75 Å². The summed E-state index contributed by atoms with van der Waals surface area (Å²) in [5.41, 5.74) is 0.329. The fourth-order valence-electron chi connectivity index (χ4n) is 2.49. The van der Waals surface area contributed by atoms with E-state index in [0.717, 1.165) is 25.3 Å². The molecule has 0 aliphatic carbocycles. The maximum absolute atomic E-state index is 12.7. The minimum Gasteiger partial charge on any atom is -0.492 e. The summed E-state index contributed by atoms with van der Waals surface area (Å²) in [6, 6.07) is 4.52. The van der Waals surface area contributed by atoms with Crippen molar-refractivity contribution in [3.8, 4) is 5.75 Å². The average Bonchev–Trinajstić information content (AvgIpc) is 2.57. The molecule has 6 nitrogen and oxygen atoms in total. The molecule has 1 aromatic rings. The third-order valence-electron chi connectivity index (χ3n) is 3.65. The summed E-state index contributed by atoms with van der Waals surface area (Å²) in [4.78, 5) is 11.7. The number of nitrogens with one attached hydrogen (secondary N) is 1. The van der Waals surface area contributed by atoms with Gasteiger partial charge in [0, 0.05) is 13.1 Å². The number of carbonyl (C=O) groups is 1. The van der Waals surface area contributed by atoms with Crippen molar-refractivity contribution in [3.63, 3.8) is 0 Å².